The fraction of sp³-hybridized carbons (Fsp3) is 0.919. The van der Waals surface area contributed by atoms with E-state index in [1.54, 1.807) is 6.08 Å². The maximum absolute atomic E-state index is 13.1. The first-order valence-corrected chi connectivity index (χ1v) is 31.1. The fourth-order valence-electron chi connectivity index (χ4n) is 10.1. The van der Waals surface area contributed by atoms with Crippen molar-refractivity contribution in [3.05, 3.63) is 24.3 Å². The van der Waals surface area contributed by atoms with Gasteiger partial charge in [0.05, 0.1) is 25.4 Å². The third kappa shape index (κ3) is 41.6. The van der Waals surface area contributed by atoms with Crippen LogP contribution in [0.25, 0.3) is 0 Å². The standard InChI is InChI=1S/C62H119NO8/c1-3-5-7-9-11-13-15-17-19-21-23-25-26-27-28-29-30-31-32-34-36-38-40-42-44-46-48-50-52-58(66)63-55(54-70-62-61(69)60(68)59(67)57(53-64)71-62)56(65)51-49-47-45-43-41-39-37-35-33-24-22-20-18-16-14-12-10-8-6-4-2/h27-28,49,51,55-57,59-62,64-65,67-69H,3-26,29-48,50,52-54H2,1-2H3,(H,63,66)/b28-27-,51-49+. The van der Waals surface area contributed by atoms with E-state index < -0.39 is 49.5 Å². The highest BCUT2D eigenvalue weighted by molar-refractivity contribution is 5.76. The number of hydrogen-bond donors (Lipinski definition) is 6. The molecular formula is C62H119NO8. The molecule has 0 aromatic heterocycles. The van der Waals surface area contributed by atoms with Gasteiger partial charge < -0.3 is 40.3 Å². The number of nitrogens with one attached hydrogen (secondary N) is 1. The normalized spacial score (nSPS) is 19.3. The Morgan fingerprint density at radius 1 is 0.465 bits per heavy atom. The summed E-state index contributed by atoms with van der Waals surface area (Å²) in [5, 5.41) is 54.6. The number of ether oxygens (including phenoxy) is 2. The van der Waals surface area contributed by atoms with Crippen molar-refractivity contribution in [3.63, 3.8) is 0 Å². The van der Waals surface area contributed by atoms with Crippen molar-refractivity contribution < 1.29 is 39.8 Å². The number of hydrogen-bond acceptors (Lipinski definition) is 8. The molecule has 1 aliphatic rings. The number of rotatable bonds is 54. The molecule has 0 bridgehead atoms. The van der Waals surface area contributed by atoms with Gasteiger partial charge in [-0.05, 0) is 44.9 Å². The maximum Gasteiger partial charge on any atom is 0.220 e. The van der Waals surface area contributed by atoms with Crippen molar-refractivity contribution in [3.8, 4) is 0 Å². The molecule has 0 aromatic carbocycles. The second-order valence-electron chi connectivity index (χ2n) is 21.9. The van der Waals surface area contributed by atoms with Gasteiger partial charge in [0.25, 0.3) is 0 Å². The number of unbranched alkanes of at least 4 members (excludes halogenated alkanes) is 42. The lowest BCUT2D eigenvalue weighted by atomic mass is 9.99. The first kappa shape index (κ1) is 67.7. The molecule has 1 amide bonds. The van der Waals surface area contributed by atoms with Crippen LogP contribution in [-0.2, 0) is 14.3 Å². The Bertz CT molecular complexity index is 1170. The molecule has 0 saturated carbocycles. The van der Waals surface area contributed by atoms with Crippen LogP contribution in [-0.4, -0.2) is 87.5 Å². The molecule has 0 aliphatic carbocycles. The molecule has 9 heteroatoms. The molecule has 1 rings (SSSR count). The van der Waals surface area contributed by atoms with E-state index in [0.717, 1.165) is 38.5 Å². The molecule has 0 radical (unpaired) electrons. The van der Waals surface area contributed by atoms with Crippen LogP contribution in [0.5, 0.6) is 0 Å². The lowest BCUT2D eigenvalue weighted by molar-refractivity contribution is -0.302. The van der Waals surface area contributed by atoms with E-state index in [-0.39, 0.29) is 12.5 Å². The first-order valence-electron chi connectivity index (χ1n) is 31.1. The Morgan fingerprint density at radius 2 is 0.789 bits per heavy atom. The number of carbonyl (C=O) groups excluding carboxylic acids is 1. The predicted octanol–water partition coefficient (Wildman–Crippen LogP) is 15.7. The number of allylic oxidation sites excluding steroid dienone is 3. The van der Waals surface area contributed by atoms with Gasteiger partial charge in [-0.2, -0.15) is 0 Å². The quantitative estimate of drug-likeness (QED) is 0.0261. The minimum absolute atomic E-state index is 0.172. The van der Waals surface area contributed by atoms with Gasteiger partial charge in [0, 0.05) is 6.42 Å². The third-order valence-electron chi connectivity index (χ3n) is 15.0. The molecule has 9 nitrogen and oxygen atoms in total. The number of carbonyl (C=O) groups is 1. The van der Waals surface area contributed by atoms with Crippen molar-refractivity contribution in [2.24, 2.45) is 0 Å². The first-order chi connectivity index (χ1) is 34.8. The second-order valence-corrected chi connectivity index (χ2v) is 21.9. The minimum Gasteiger partial charge on any atom is -0.394 e. The second kappa shape index (κ2) is 52.1. The van der Waals surface area contributed by atoms with Crippen molar-refractivity contribution in [1.82, 2.24) is 5.32 Å². The van der Waals surface area contributed by atoms with Crippen LogP contribution in [0, 0.1) is 0 Å². The summed E-state index contributed by atoms with van der Waals surface area (Å²) in [5.41, 5.74) is 0. The van der Waals surface area contributed by atoms with Gasteiger partial charge in [0.2, 0.25) is 5.91 Å². The van der Waals surface area contributed by atoms with Crippen molar-refractivity contribution in [1.29, 1.82) is 0 Å². The average Bonchev–Trinajstić information content (AvgIpc) is 3.37. The lowest BCUT2D eigenvalue weighted by Crippen LogP contribution is -2.60. The Labute approximate surface area is 439 Å². The van der Waals surface area contributed by atoms with Crippen LogP contribution in [0.3, 0.4) is 0 Å². The van der Waals surface area contributed by atoms with Crippen molar-refractivity contribution in [2.75, 3.05) is 13.2 Å². The van der Waals surface area contributed by atoms with Crippen molar-refractivity contribution >= 4 is 5.91 Å². The van der Waals surface area contributed by atoms with Crippen LogP contribution < -0.4 is 5.32 Å². The van der Waals surface area contributed by atoms with Gasteiger partial charge in [-0.15, -0.1) is 0 Å². The Balaban J connectivity index is 2.17. The summed E-state index contributed by atoms with van der Waals surface area (Å²) in [5.74, 6) is -0.172. The van der Waals surface area contributed by atoms with Crippen LogP contribution >= 0.6 is 0 Å². The maximum atomic E-state index is 13.1. The zero-order valence-corrected chi connectivity index (χ0v) is 46.8. The van der Waals surface area contributed by atoms with E-state index in [9.17, 15) is 30.3 Å². The monoisotopic (exact) mass is 1010 g/mol. The summed E-state index contributed by atoms with van der Waals surface area (Å²) in [7, 11) is 0. The summed E-state index contributed by atoms with van der Waals surface area (Å²) in [6, 6.07) is -0.804. The fourth-order valence-corrected chi connectivity index (χ4v) is 10.1. The molecule has 1 saturated heterocycles. The molecule has 1 fully saturated rings. The highest BCUT2D eigenvalue weighted by Gasteiger charge is 2.44. The van der Waals surface area contributed by atoms with Gasteiger partial charge in [-0.1, -0.05) is 282 Å². The SMILES string of the molecule is CCCCCCCCCCCCCC/C=C\CCCCCCCCCCCCCCC(=O)NC(COC1OC(CO)C(O)C(O)C1O)C(O)/C=C/CCCCCCCCCCCCCCCCCCCC. The van der Waals surface area contributed by atoms with E-state index in [0.29, 0.717) is 6.42 Å². The molecule has 71 heavy (non-hydrogen) atoms. The molecular weight excluding hydrogens is 887 g/mol. The highest BCUT2D eigenvalue weighted by atomic mass is 16.7. The third-order valence-corrected chi connectivity index (χ3v) is 15.0. The Hall–Kier alpha value is -1.33. The van der Waals surface area contributed by atoms with Crippen molar-refractivity contribution in [2.45, 2.75) is 352 Å². The zero-order valence-electron chi connectivity index (χ0n) is 46.8. The van der Waals surface area contributed by atoms with Gasteiger partial charge in [0.15, 0.2) is 6.29 Å². The molecule has 0 aromatic rings. The van der Waals surface area contributed by atoms with Gasteiger partial charge >= 0.3 is 0 Å². The van der Waals surface area contributed by atoms with Crippen LogP contribution in [0.2, 0.25) is 0 Å². The van der Waals surface area contributed by atoms with Crippen LogP contribution in [0.4, 0.5) is 0 Å². The molecule has 7 atom stereocenters. The smallest absolute Gasteiger partial charge is 0.220 e. The number of amides is 1. The summed E-state index contributed by atoms with van der Waals surface area (Å²) in [6.07, 6.45) is 59.7. The van der Waals surface area contributed by atoms with Crippen LogP contribution in [0.1, 0.15) is 309 Å². The molecule has 0 spiro atoms. The molecule has 6 N–H and O–H groups in total. The van der Waals surface area contributed by atoms with Gasteiger partial charge in [-0.3, -0.25) is 4.79 Å². The summed E-state index contributed by atoms with van der Waals surface area (Å²) >= 11 is 0. The number of aliphatic hydroxyl groups excluding tert-OH is 5. The molecule has 1 heterocycles. The van der Waals surface area contributed by atoms with Crippen LogP contribution in [0.15, 0.2) is 24.3 Å². The lowest BCUT2D eigenvalue weighted by Gasteiger charge is -2.40. The Kier molecular flexibility index (Phi) is 49.7. The van der Waals surface area contributed by atoms with Gasteiger partial charge in [-0.25, -0.2) is 0 Å². The number of aliphatic hydroxyl groups is 5. The molecule has 420 valence electrons. The predicted molar refractivity (Wildman–Crippen MR) is 300 cm³/mol. The highest BCUT2D eigenvalue weighted by Crippen LogP contribution is 2.23. The molecule has 7 unspecified atom stereocenters. The summed E-state index contributed by atoms with van der Waals surface area (Å²) in [6.45, 7) is 3.82. The van der Waals surface area contributed by atoms with Gasteiger partial charge in [0.1, 0.15) is 24.4 Å². The molecule has 1 aliphatic heterocycles. The van der Waals surface area contributed by atoms with E-state index in [4.69, 9.17) is 9.47 Å². The largest absolute Gasteiger partial charge is 0.394 e. The minimum atomic E-state index is -1.57. The topological polar surface area (TPSA) is 149 Å². The summed E-state index contributed by atoms with van der Waals surface area (Å²) < 4.78 is 11.3. The van der Waals surface area contributed by atoms with E-state index in [1.807, 2.05) is 6.08 Å². The Morgan fingerprint density at radius 3 is 1.14 bits per heavy atom. The van der Waals surface area contributed by atoms with E-state index >= 15 is 0 Å². The summed E-state index contributed by atoms with van der Waals surface area (Å²) in [4.78, 5) is 13.1. The average molecular weight is 1010 g/mol. The zero-order chi connectivity index (χ0) is 51.5. The van der Waals surface area contributed by atoms with E-state index in [1.165, 1.54) is 250 Å². The van der Waals surface area contributed by atoms with E-state index in [2.05, 4.69) is 31.3 Å².